The molecule has 1 saturated heterocycles. The number of amides is 2. The van der Waals surface area contributed by atoms with E-state index in [4.69, 9.17) is 9.47 Å². The lowest BCUT2D eigenvalue weighted by Gasteiger charge is -2.26. The molecule has 3 rings (SSSR count). The average Bonchev–Trinajstić information content (AvgIpc) is 3.23. The maximum absolute atomic E-state index is 12.7. The lowest BCUT2D eigenvalue weighted by Crippen LogP contribution is -2.34. The van der Waals surface area contributed by atoms with Crippen molar-refractivity contribution < 1.29 is 14.3 Å². The van der Waals surface area contributed by atoms with Gasteiger partial charge in [-0.05, 0) is 31.0 Å². The van der Waals surface area contributed by atoms with Crippen LogP contribution in [0.5, 0.6) is 11.5 Å². The highest BCUT2D eigenvalue weighted by atomic mass is 16.5. The molecule has 7 nitrogen and oxygen atoms in total. The summed E-state index contributed by atoms with van der Waals surface area (Å²) >= 11 is 0. The van der Waals surface area contributed by atoms with Crippen LogP contribution in [-0.4, -0.2) is 41.5 Å². The van der Waals surface area contributed by atoms with Gasteiger partial charge in [-0.1, -0.05) is 0 Å². The Morgan fingerprint density at radius 1 is 1.29 bits per heavy atom. The number of nitrogens with zero attached hydrogens (tertiary/aromatic N) is 3. The van der Waals surface area contributed by atoms with Gasteiger partial charge in [0, 0.05) is 31.4 Å². The van der Waals surface area contributed by atoms with E-state index in [-0.39, 0.29) is 12.1 Å². The Bertz CT molecular complexity index is 728. The monoisotopic (exact) mass is 330 g/mol. The lowest BCUT2D eigenvalue weighted by atomic mass is 10.0. The number of carbonyl (C=O) groups is 1. The highest BCUT2D eigenvalue weighted by Gasteiger charge is 2.32. The van der Waals surface area contributed by atoms with Crippen LogP contribution in [0, 0.1) is 0 Å². The molecule has 1 aliphatic rings. The van der Waals surface area contributed by atoms with Gasteiger partial charge in [-0.2, -0.15) is 5.10 Å². The minimum Gasteiger partial charge on any atom is -0.497 e. The fourth-order valence-corrected chi connectivity index (χ4v) is 3.10. The second-order valence-corrected chi connectivity index (χ2v) is 5.76. The fraction of sp³-hybridized carbons (Fsp3) is 0.412. The molecule has 1 unspecified atom stereocenters. The van der Waals surface area contributed by atoms with Crippen LogP contribution in [0.25, 0.3) is 0 Å². The number of urea groups is 1. The van der Waals surface area contributed by atoms with E-state index < -0.39 is 0 Å². The SMILES string of the molecule is COc1ccc(OC)c(C2CCCN2C(=O)Nc2ccn(C)n2)c1. The van der Waals surface area contributed by atoms with Crippen LogP contribution in [0.4, 0.5) is 10.6 Å². The molecule has 24 heavy (non-hydrogen) atoms. The van der Waals surface area contributed by atoms with Crippen molar-refractivity contribution in [1.82, 2.24) is 14.7 Å². The van der Waals surface area contributed by atoms with E-state index in [0.29, 0.717) is 12.4 Å². The van der Waals surface area contributed by atoms with Gasteiger partial charge in [0.2, 0.25) is 0 Å². The molecule has 1 aliphatic heterocycles. The number of anilines is 1. The predicted octanol–water partition coefficient (Wildman–Crippen LogP) is 2.81. The largest absolute Gasteiger partial charge is 0.497 e. The normalized spacial score (nSPS) is 17.0. The maximum Gasteiger partial charge on any atom is 0.323 e. The van der Waals surface area contributed by atoms with Crippen LogP contribution in [-0.2, 0) is 7.05 Å². The lowest BCUT2D eigenvalue weighted by molar-refractivity contribution is 0.206. The van der Waals surface area contributed by atoms with Gasteiger partial charge in [-0.15, -0.1) is 0 Å². The third-order valence-corrected chi connectivity index (χ3v) is 4.26. The van der Waals surface area contributed by atoms with Gasteiger partial charge in [0.15, 0.2) is 5.82 Å². The summed E-state index contributed by atoms with van der Waals surface area (Å²) in [4.78, 5) is 14.5. The molecule has 0 aliphatic carbocycles. The molecule has 2 aromatic rings. The molecule has 1 fully saturated rings. The molecule has 0 bridgehead atoms. The first-order valence-corrected chi connectivity index (χ1v) is 7.91. The van der Waals surface area contributed by atoms with E-state index in [2.05, 4.69) is 10.4 Å². The summed E-state index contributed by atoms with van der Waals surface area (Å²) < 4.78 is 12.5. The first-order chi connectivity index (χ1) is 11.6. The van der Waals surface area contributed by atoms with Crippen LogP contribution >= 0.6 is 0 Å². The van der Waals surface area contributed by atoms with E-state index in [1.54, 1.807) is 31.2 Å². The molecule has 1 aromatic heterocycles. The van der Waals surface area contributed by atoms with E-state index in [0.717, 1.165) is 29.9 Å². The number of hydrogen-bond acceptors (Lipinski definition) is 4. The van der Waals surface area contributed by atoms with Gasteiger partial charge < -0.3 is 14.4 Å². The summed E-state index contributed by atoms with van der Waals surface area (Å²) in [6, 6.07) is 7.25. The number of ether oxygens (including phenoxy) is 2. The second kappa shape index (κ2) is 6.82. The number of carbonyl (C=O) groups excluding carboxylic acids is 1. The number of aromatic nitrogens is 2. The van der Waals surface area contributed by atoms with Gasteiger partial charge in [-0.25, -0.2) is 4.79 Å². The Morgan fingerprint density at radius 2 is 2.12 bits per heavy atom. The Kier molecular flexibility index (Phi) is 4.59. The van der Waals surface area contributed by atoms with Crippen LogP contribution in [0.15, 0.2) is 30.5 Å². The highest BCUT2D eigenvalue weighted by molar-refractivity contribution is 5.88. The topological polar surface area (TPSA) is 68.6 Å². The molecular weight excluding hydrogens is 308 g/mol. The molecule has 0 saturated carbocycles. The molecule has 2 amide bonds. The van der Waals surface area contributed by atoms with Crippen LogP contribution in [0.2, 0.25) is 0 Å². The molecule has 1 aromatic carbocycles. The standard InChI is InChI=1S/C17H22N4O3/c1-20-10-8-16(19-20)18-17(22)21-9-4-5-14(21)13-11-12(23-2)6-7-15(13)24-3/h6-8,10-11,14H,4-5,9H2,1-3H3,(H,18,19,22). The number of hydrogen-bond donors (Lipinski definition) is 1. The molecule has 1 N–H and O–H groups in total. The molecule has 0 radical (unpaired) electrons. The first-order valence-electron chi connectivity index (χ1n) is 7.91. The van der Waals surface area contributed by atoms with Crippen molar-refractivity contribution >= 4 is 11.8 Å². The summed E-state index contributed by atoms with van der Waals surface area (Å²) in [5, 5.41) is 7.05. The van der Waals surface area contributed by atoms with Gasteiger partial charge >= 0.3 is 6.03 Å². The Hall–Kier alpha value is -2.70. The molecule has 7 heteroatoms. The molecular formula is C17H22N4O3. The van der Waals surface area contributed by atoms with Crippen molar-refractivity contribution in [3.63, 3.8) is 0 Å². The quantitative estimate of drug-likeness (QED) is 0.936. The number of benzene rings is 1. The minimum absolute atomic E-state index is 0.0428. The number of rotatable bonds is 4. The zero-order chi connectivity index (χ0) is 17.1. The van der Waals surface area contributed by atoms with Crippen LogP contribution in [0.3, 0.4) is 0 Å². The average molecular weight is 330 g/mol. The van der Waals surface area contributed by atoms with Crippen LogP contribution < -0.4 is 14.8 Å². The summed E-state index contributed by atoms with van der Waals surface area (Å²) in [6.07, 6.45) is 3.63. The van der Waals surface area contributed by atoms with E-state index in [1.807, 2.05) is 30.1 Å². The maximum atomic E-state index is 12.7. The molecule has 128 valence electrons. The van der Waals surface area contributed by atoms with Crippen molar-refractivity contribution in [2.75, 3.05) is 26.1 Å². The smallest absolute Gasteiger partial charge is 0.323 e. The summed E-state index contributed by atoms with van der Waals surface area (Å²) in [7, 11) is 5.08. The second-order valence-electron chi connectivity index (χ2n) is 5.76. The molecule has 2 heterocycles. The third-order valence-electron chi connectivity index (χ3n) is 4.26. The summed E-state index contributed by atoms with van der Waals surface area (Å²) in [5.41, 5.74) is 0.963. The number of aryl methyl sites for hydroxylation is 1. The van der Waals surface area contributed by atoms with Gasteiger partial charge in [0.25, 0.3) is 0 Å². The predicted molar refractivity (Wildman–Crippen MR) is 90.5 cm³/mol. The zero-order valence-corrected chi connectivity index (χ0v) is 14.2. The molecule has 1 atom stereocenters. The Morgan fingerprint density at radius 3 is 2.79 bits per heavy atom. The Balaban J connectivity index is 1.83. The first kappa shape index (κ1) is 16.2. The zero-order valence-electron chi connectivity index (χ0n) is 14.2. The number of methoxy groups -OCH3 is 2. The summed E-state index contributed by atoms with van der Waals surface area (Å²) in [6.45, 7) is 0.698. The van der Waals surface area contributed by atoms with Crippen molar-refractivity contribution in [3.05, 3.63) is 36.0 Å². The highest BCUT2D eigenvalue weighted by Crippen LogP contribution is 2.39. The van der Waals surface area contributed by atoms with Crippen LogP contribution in [0.1, 0.15) is 24.4 Å². The minimum atomic E-state index is -0.152. The van der Waals surface area contributed by atoms with E-state index >= 15 is 0 Å². The van der Waals surface area contributed by atoms with Crippen molar-refractivity contribution in [3.8, 4) is 11.5 Å². The van der Waals surface area contributed by atoms with Crippen molar-refractivity contribution in [2.24, 2.45) is 7.05 Å². The number of nitrogens with one attached hydrogen (secondary N) is 1. The third kappa shape index (κ3) is 3.15. The molecule has 0 spiro atoms. The van der Waals surface area contributed by atoms with Crippen molar-refractivity contribution in [2.45, 2.75) is 18.9 Å². The number of likely N-dealkylation sites (tertiary alicyclic amines) is 1. The van der Waals surface area contributed by atoms with Gasteiger partial charge in [0.1, 0.15) is 11.5 Å². The van der Waals surface area contributed by atoms with E-state index in [9.17, 15) is 4.79 Å². The fourth-order valence-electron chi connectivity index (χ4n) is 3.10. The van der Waals surface area contributed by atoms with Gasteiger partial charge in [0.05, 0.1) is 20.3 Å². The van der Waals surface area contributed by atoms with Crippen molar-refractivity contribution in [1.29, 1.82) is 0 Å². The van der Waals surface area contributed by atoms with Gasteiger partial charge in [-0.3, -0.25) is 10.00 Å². The van der Waals surface area contributed by atoms with E-state index in [1.165, 1.54) is 0 Å². The summed E-state index contributed by atoms with van der Waals surface area (Å²) in [5.74, 6) is 2.06. The Labute approximate surface area is 141 Å².